The zero-order valence-corrected chi connectivity index (χ0v) is 60.3. The summed E-state index contributed by atoms with van der Waals surface area (Å²) in [6.07, 6.45) is 14.2. The van der Waals surface area contributed by atoms with Crippen molar-refractivity contribution in [1.82, 2.24) is 0 Å². The van der Waals surface area contributed by atoms with Crippen LogP contribution in [0.2, 0.25) is 0 Å². The van der Waals surface area contributed by atoms with Gasteiger partial charge in [-0.15, -0.1) is 0 Å². The zero-order chi connectivity index (χ0) is 71.5. The fraction of sp³-hybridized carbons (Fsp3) is 0.137. The Labute approximate surface area is 626 Å². The molecule has 16 rings (SSSR count). The second kappa shape index (κ2) is 31.4. The van der Waals surface area contributed by atoms with Crippen LogP contribution in [0.4, 0.5) is 34.1 Å². The van der Waals surface area contributed by atoms with Gasteiger partial charge in [-0.1, -0.05) is 319 Å². The number of rotatable bonds is 29. The van der Waals surface area contributed by atoms with Gasteiger partial charge in [0, 0.05) is 45.0 Å². The van der Waals surface area contributed by atoms with Gasteiger partial charge in [-0.25, -0.2) is 0 Å². The van der Waals surface area contributed by atoms with E-state index in [1.165, 1.54) is 77.9 Å². The third-order valence-corrected chi connectivity index (χ3v) is 22.0. The van der Waals surface area contributed by atoms with Crippen LogP contribution in [-0.2, 0) is 10.8 Å². The molecule has 0 spiro atoms. The van der Waals surface area contributed by atoms with Crippen LogP contribution in [0.1, 0.15) is 109 Å². The molecular formula is C102H88N2O2. The molecule has 2 unspecified atom stereocenters. The third-order valence-electron chi connectivity index (χ3n) is 22.0. The molecule has 0 aliphatic heterocycles. The maximum Gasteiger partial charge on any atom is 0.119 e. The minimum Gasteiger partial charge on any atom is -0.494 e. The lowest BCUT2D eigenvalue weighted by Crippen LogP contribution is -2.27. The number of fused-ring (bicyclic) bond motifs is 6. The van der Waals surface area contributed by atoms with Crippen LogP contribution in [0.25, 0.3) is 67.8 Å². The first-order chi connectivity index (χ1) is 52.4. The SMILES string of the molecule is C=Cc1ccc(OCCCCCCC2(c3ccccc3)c3ccccc3-c3ccc(N(c4ccc(-c5ccccc5)cc4)c4ccc(-c5ccc(N(c6ccc(-c7ccccc7)cc6)c6ccc7c(c6)C(CCCCCCOc6ccc(C=C)cc6)(c6ccccc6)c6ccccc6-7)cc5)cc4)cc32)cc1. The molecule has 4 heteroatoms. The second-order valence-electron chi connectivity index (χ2n) is 28.3. The number of hydrogen-bond donors (Lipinski definition) is 0. The summed E-state index contributed by atoms with van der Waals surface area (Å²) < 4.78 is 12.4. The maximum absolute atomic E-state index is 6.20. The highest BCUT2D eigenvalue weighted by atomic mass is 16.5. The van der Waals surface area contributed by atoms with Gasteiger partial charge >= 0.3 is 0 Å². The summed E-state index contributed by atoms with van der Waals surface area (Å²) in [5.74, 6) is 1.81. The van der Waals surface area contributed by atoms with Gasteiger partial charge in [0.15, 0.2) is 0 Å². The molecule has 2 aliphatic rings. The zero-order valence-electron chi connectivity index (χ0n) is 60.3. The van der Waals surface area contributed by atoms with Crippen LogP contribution in [0.3, 0.4) is 0 Å². The topological polar surface area (TPSA) is 24.9 Å². The number of nitrogens with zero attached hydrogens (tertiary/aromatic N) is 2. The van der Waals surface area contributed by atoms with Crippen molar-refractivity contribution in [1.29, 1.82) is 0 Å². The van der Waals surface area contributed by atoms with Gasteiger partial charge in [0.2, 0.25) is 0 Å². The van der Waals surface area contributed by atoms with Crippen molar-refractivity contribution in [2.45, 2.75) is 75.0 Å². The fourth-order valence-electron chi connectivity index (χ4n) is 16.7. The molecule has 0 saturated carbocycles. The lowest BCUT2D eigenvalue weighted by molar-refractivity contribution is 0.303. The van der Waals surface area contributed by atoms with Crippen LogP contribution < -0.4 is 19.3 Å². The van der Waals surface area contributed by atoms with E-state index in [1.807, 2.05) is 36.4 Å². The minimum absolute atomic E-state index is 0.358. The summed E-state index contributed by atoms with van der Waals surface area (Å²) in [4.78, 5) is 4.91. The highest BCUT2D eigenvalue weighted by Gasteiger charge is 2.46. The lowest BCUT2D eigenvalue weighted by Gasteiger charge is -2.34. The van der Waals surface area contributed by atoms with Crippen molar-refractivity contribution < 1.29 is 9.47 Å². The Morgan fingerprint density at radius 3 is 0.868 bits per heavy atom. The predicted molar refractivity (Wildman–Crippen MR) is 446 cm³/mol. The Bertz CT molecular complexity index is 4950. The van der Waals surface area contributed by atoms with E-state index in [9.17, 15) is 0 Å². The van der Waals surface area contributed by atoms with Gasteiger partial charge in [0.1, 0.15) is 11.5 Å². The molecular weight excluding hydrogens is 1290 g/mol. The number of ether oxygens (including phenoxy) is 2. The summed E-state index contributed by atoms with van der Waals surface area (Å²) in [7, 11) is 0. The first kappa shape index (κ1) is 68.2. The van der Waals surface area contributed by atoms with E-state index in [2.05, 4.69) is 351 Å². The van der Waals surface area contributed by atoms with Crippen molar-refractivity contribution in [3.05, 3.63) is 410 Å². The largest absolute Gasteiger partial charge is 0.494 e. The second-order valence-corrected chi connectivity index (χ2v) is 28.3. The Balaban J connectivity index is 0.721. The van der Waals surface area contributed by atoms with Crippen molar-refractivity contribution in [3.8, 4) is 67.1 Å². The summed E-state index contributed by atoms with van der Waals surface area (Å²) in [5, 5.41) is 0. The van der Waals surface area contributed by atoms with Crippen molar-refractivity contribution >= 4 is 46.3 Å². The maximum atomic E-state index is 6.20. The van der Waals surface area contributed by atoms with E-state index < -0.39 is 0 Å². The molecule has 0 saturated heterocycles. The monoisotopic (exact) mass is 1370 g/mol. The molecule has 106 heavy (non-hydrogen) atoms. The fourth-order valence-corrected chi connectivity index (χ4v) is 16.7. The standard InChI is InChI=1S/C102H88N2O2/c1-3-75-41-63-91(64-42-75)105-71-27-7-5-25-69-101(83-33-17-11-18-34-83)97-39-23-21-37-93(97)95-67-61-89(73-99(95)101)103(85-53-45-79(46-54-85)77-29-13-9-14-30-77)87-57-49-81(50-58-87)82-51-59-88(60-52-82)104(86-55-47-80(48-56-86)78-31-15-10-16-32-78)90-62-68-96-94-38-22-24-40-98(94)102(100(96)74-90,84-35-19-12-20-36-84)70-26-6-8-28-72-106-92-65-43-76(4-2)44-66-92/h3-4,9-24,29-68,73-74H,1-2,5-8,25-28,69-72H2. The number of benzene rings is 14. The van der Waals surface area contributed by atoms with E-state index in [0.717, 1.165) is 132 Å². The van der Waals surface area contributed by atoms with Crippen LogP contribution >= 0.6 is 0 Å². The first-order valence-corrected chi connectivity index (χ1v) is 37.9. The minimum atomic E-state index is -0.358. The molecule has 0 heterocycles. The third kappa shape index (κ3) is 13.8. The van der Waals surface area contributed by atoms with Crippen molar-refractivity contribution in [3.63, 3.8) is 0 Å². The molecule has 2 atom stereocenters. The molecule has 14 aromatic rings. The number of unbranched alkanes of at least 4 members (excludes halogenated alkanes) is 6. The summed E-state index contributed by atoms with van der Waals surface area (Å²) in [5.41, 5.74) is 28.4. The molecule has 518 valence electrons. The molecule has 0 aromatic heterocycles. The summed E-state index contributed by atoms with van der Waals surface area (Å²) in [6.45, 7) is 9.21. The average Bonchev–Trinajstić information content (AvgIpc) is 1.56. The number of hydrogen-bond acceptors (Lipinski definition) is 4. The molecule has 0 amide bonds. The normalized spacial score (nSPS) is 14.5. The Morgan fingerprint density at radius 1 is 0.245 bits per heavy atom. The molecule has 2 aliphatic carbocycles. The first-order valence-electron chi connectivity index (χ1n) is 37.9. The van der Waals surface area contributed by atoms with E-state index in [4.69, 9.17) is 9.47 Å². The van der Waals surface area contributed by atoms with E-state index in [-0.39, 0.29) is 10.8 Å². The highest BCUT2D eigenvalue weighted by molar-refractivity contribution is 5.91. The predicted octanol–water partition coefficient (Wildman–Crippen LogP) is 27.6. The van der Waals surface area contributed by atoms with Crippen molar-refractivity contribution in [2.75, 3.05) is 23.0 Å². The van der Waals surface area contributed by atoms with Crippen LogP contribution in [0, 0.1) is 0 Å². The van der Waals surface area contributed by atoms with Gasteiger partial charge < -0.3 is 19.3 Å². The molecule has 0 fully saturated rings. The quantitative estimate of drug-likeness (QED) is 0.0436. The van der Waals surface area contributed by atoms with Crippen LogP contribution in [-0.4, -0.2) is 13.2 Å². The van der Waals surface area contributed by atoms with Gasteiger partial charge in [-0.3, -0.25) is 0 Å². The average molecular weight is 1370 g/mol. The van der Waals surface area contributed by atoms with Gasteiger partial charge in [-0.05, 0) is 223 Å². The lowest BCUT2D eigenvalue weighted by atomic mass is 9.69. The van der Waals surface area contributed by atoms with E-state index in [1.54, 1.807) is 0 Å². The van der Waals surface area contributed by atoms with Gasteiger partial charge in [0.25, 0.3) is 0 Å². The van der Waals surface area contributed by atoms with Crippen LogP contribution in [0.5, 0.6) is 11.5 Å². The van der Waals surface area contributed by atoms with Crippen LogP contribution in [0.15, 0.2) is 365 Å². The molecule has 4 nitrogen and oxygen atoms in total. The molecule has 0 N–H and O–H groups in total. The van der Waals surface area contributed by atoms with Gasteiger partial charge in [-0.2, -0.15) is 0 Å². The molecule has 14 aromatic carbocycles. The Morgan fingerprint density at radius 2 is 0.528 bits per heavy atom. The van der Waals surface area contributed by atoms with Crippen molar-refractivity contribution in [2.24, 2.45) is 0 Å². The number of anilines is 6. The Hall–Kier alpha value is -12.2. The smallest absolute Gasteiger partial charge is 0.119 e. The summed E-state index contributed by atoms with van der Waals surface area (Å²) in [6, 6.07) is 130. The Kier molecular flexibility index (Phi) is 20.2. The molecule has 0 bridgehead atoms. The van der Waals surface area contributed by atoms with E-state index in [0.29, 0.717) is 13.2 Å². The highest BCUT2D eigenvalue weighted by Crippen LogP contribution is 2.59. The summed E-state index contributed by atoms with van der Waals surface area (Å²) >= 11 is 0. The molecule has 0 radical (unpaired) electrons. The van der Waals surface area contributed by atoms with Gasteiger partial charge in [0.05, 0.1) is 13.2 Å². The van der Waals surface area contributed by atoms with E-state index >= 15 is 0 Å².